The molecule has 0 saturated carbocycles. The fourth-order valence-corrected chi connectivity index (χ4v) is 2.95. The van der Waals surface area contributed by atoms with Crippen molar-refractivity contribution in [3.05, 3.63) is 6.20 Å². The fraction of sp³-hybridized carbons (Fsp3) is 0.667. The van der Waals surface area contributed by atoms with Gasteiger partial charge in [-0.05, 0) is 13.3 Å². The Morgan fingerprint density at radius 1 is 1.71 bits per heavy atom. The second-order valence-corrected chi connectivity index (χ2v) is 5.86. The predicted octanol–water partition coefficient (Wildman–Crippen LogP) is -0.305. The highest BCUT2D eigenvalue weighted by molar-refractivity contribution is 7.89. The smallest absolute Gasteiger partial charge is 0.245 e. The molecule has 96 valence electrons. The second kappa shape index (κ2) is 4.63. The molecule has 0 radical (unpaired) electrons. The number of aromatic amines is 1. The molecule has 4 N–H and O–H groups in total. The Morgan fingerprint density at radius 2 is 2.47 bits per heavy atom. The molecule has 2 unspecified atom stereocenters. The lowest BCUT2D eigenvalue weighted by atomic mass is 10.0. The van der Waals surface area contributed by atoms with Crippen LogP contribution in [-0.2, 0) is 14.8 Å². The van der Waals surface area contributed by atoms with Crippen molar-refractivity contribution in [3.8, 4) is 0 Å². The monoisotopic (exact) mass is 260 g/mol. The van der Waals surface area contributed by atoms with E-state index in [9.17, 15) is 8.42 Å². The van der Waals surface area contributed by atoms with Gasteiger partial charge in [0.2, 0.25) is 10.0 Å². The van der Waals surface area contributed by atoms with Gasteiger partial charge in [-0.3, -0.25) is 5.10 Å². The molecule has 0 spiro atoms. The summed E-state index contributed by atoms with van der Waals surface area (Å²) in [6.45, 7) is 2.98. The number of anilines is 1. The lowest BCUT2D eigenvalue weighted by Gasteiger charge is -2.14. The number of nitrogen functional groups attached to an aromatic ring is 1. The molecular formula is C9H16N4O3S. The van der Waals surface area contributed by atoms with Crippen molar-refractivity contribution in [3.63, 3.8) is 0 Å². The molecular weight excluding hydrogens is 244 g/mol. The Balaban J connectivity index is 2.01. The topological polar surface area (TPSA) is 110 Å². The standard InChI is InChI=1S/C9H16N4O3S/c1-6-7(2-3-16-6)4-12-17(14,15)8-5-11-13-9(8)10/h5-7,12H,2-4H2,1H3,(H3,10,11,13). The first-order valence-corrected chi connectivity index (χ1v) is 6.89. The van der Waals surface area contributed by atoms with Crippen molar-refractivity contribution in [2.45, 2.75) is 24.3 Å². The van der Waals surface area contributed by atoms with Crippen LogP contribution in [0.4, 0.5) is 5.82 Å². The van der Waals surface area contributed by atoms with E-state index in [4.69, 9.17) is 10.5 Å². The largest absolute Gasteiger partial charge is 0.383 e. The van der Waals surface area contributed by atoms with E-state index >= 15 is 0 Å². The van der Waals surface area contributed by atoms with Crippen molar-refractivity contribution in [2.75, 3.05) is 18.9 Å². The highest BCUT2D eigenvalue weighted by Gasteiger charge is 2.27. The molecule has 0 aliphatic carbocycles. The van der Waals surface area contributed by atoms with Gasteiger partial charge in [0.05, 0.1) is 12.3 Å². The first kappa shape index (κ1) is 12.3. The number of nitrogens with two attached hydrogens (primary N) is 1. The van der Waals surface area contributed by atoms with E-state index in [1.54, 1.807) is 0 Å². The highest BCUT2D eigenvalue weighted by Crippen LogP contribution is 2.20. The molecule has 2 heterocycles. The molecule has 1 aromatic heterocycles. The summed E-state index contributed by atoms with van der Waals surface area (Å²) in [5.74, 6) is 0.256. The van der Waals surface area contributed by atoms with Crippen molar-refractivity contribution < 1.29 is 13.2 Å². The Kier molecular flexibility index (Phi) is 3.36. The van der Waals surface area contributed by atoms with Crippen LogP contribution in [0.3, 0.4) is 0 Å². The SMILES string of the molecule is CC1OCCC1CNS(=O)(=O)c1cn[nH]c1N. The van der Waals surface area contributed by atoms with Crippen molar-refractivity contribution in [1.29, 1.82) is 0 Å². The number of nitrogens with one attached hydrogen (secondary N) is 2. The molecule has 1 saturated heterocycles. The molecule has 17 heavy (non-hydrogen) atoms. The van der Waals surface area contributed by atoms with Gasteiger partial charge < -0.3 is 10.5 Å². The Hall–Kier alpha value is -1.12. The van der Waals surface area contributed by atoms with E-state index in [0.717, 1.165) is 6.42 Å². The zero-order valence-electron chi connectivity index (χ0n) is 9.51. The molecule has 1 aliphatic heterocycles. The Labute approximate surface area is 99.8 Å². The minimum absolute atomic E-state index is 0.0101. The maximum absolute atomic E-state index is 11.9. The summed E-state index contributed by atoms with van der Waals surface area (Å²) in [5.41, 5.74) is 5.48. The zero-order chi connectivity index (χ0) is 12.5. The molecule has 1 fully saturated rings. The molecule has 2 rings (SSSR count). The van der Waals surface area contributed by atoms with Crippen LogP contribution in [0.25, 0.3) is 0 Å². The number of hydrogen-bond donors (Lipinski definition) is 3. The Bertz CT molecular complexity index is 484. The fourth-order valence-electron chi connectivity index (χ4n) is 1.84. The van der Waals surface area contributed by atoms with Crippen LogP contribution in [0, 0.1) is 5.92 Å². The van der Waals surface area contributed by atoms with E-state index < -0.39 is 10.0 Å². The van der Waals surface area contributed by atoms with Gasteiger partial charge in [0.1, 0.15) is 10.7 Å². The lowest BCUT2D eigenvalue weighted by molar-refractivity contribution is 0.107. The lowest BCUT2D eigenvalue weighted by Crippen LogP contribution is -2.32. The van der Waals surface area contributed by atoms with Gasteiger partial charge in [0, 0.05) is 19.1 Å². The molecule has 7 nitrogen and oxygen atoms in total. The summed E-state index contributed by atoms with van der Waals surface area (Å²) >= 11 is 0. The van der Waals surface area contributed by atoms with Crippen LogP contribution >= 0.6 is 0 Å². The van der Waals surface area contributed by atoms with E-state index in [-0.39, 0.29) is 22.7 Å². The van der Waals surface area contributed by atoms with E-state index in [0.29, 0.717) is 13.2 Å². The number of H-pyrrole nitrogens is 1. The maximum Gasteiger partial charge on any atom is 0.245 e. The molecule has 1 aromatic rings. The van der Waals surface area contributed by atoms with Crippen LogP contribution < -0.4 is 10.5 Å². The van der Waals surface area contributed by atoms with E-state index in [1.807, 2.05) is 6.92 Å². The number of ether oxygens (including phenoxy) is 1. The number of rotatable bonds is 4. The number of hydrogen-bond acceptors (Lipinski definition) is 5. The number of nitrogens with zero attached hydrogens (tertiary/aromatic N) is 1. The maximum atomic E-state index is 11.9. The minimum atomic E-state index is -3.58. The molecule has 0 bridgehead atoms. The summed E-state index contributed by atoms with van der Waals surface area (Å²) in [7, 11) is -3.58. The van der Waals surface area contributed by atoms with Gasteiger partial charge in [0.15, 0.2) is 0 Å². The first-order chi connectivity index (χ1) is 8.00. The van der Waals surface area contributed by atoms with Crippen molar-refractivity contribution in [1.82, 2.24) is 14.9 Å². The van der Waals surface area contributed by atoms with Crippen LogP contribution in [0.1, 0.15) is 13.3 Å². The molecule has 0 aromatic carbocycles. The molecule has 8 heteroatoms. The first-order valence-electron chi connectivity index (χ1n) is 5.41. The van der Waals surface area contributed by atoms with E-state index in [2.05, 4.69) is 14.9 Å². The second-order valence-electron chi connectivity index (χ2n) is 4.12. The van der Waals surface area contributed by atoms with Crippen molar-refractivity contribution in [2.24, 2.45) is 5.92 Å². The van der Waals surface area contributed by atoms with Gasteiger partial charge in [-0.2, -0.15) is 5.10 Å². The van der Waals surface area contributed by atoms with E-state index in [1.165, 1.54) is 6.20 Å². The quantitative estimate of drug-likeness (QED) is 0.688. The summed E-state index contributed by atoms with van der Waals surface area (Å²) in [6, 6.07) is 0. The molecule has 0 amide bonds. The zero-order valence-corrected chi connectivity index (χ0v) is 10.3. The normalized spacial score (nSPS) is 25.2. The van der Waals surface area contributed by atoms with Crippen molar-refractivity contribution >= 4 is 15.8 Å². The predicted molar refractivity (Wildman–Crippen MR) is 61.7 cm³/mol. The summed E-state index contributed by atoms with van der Waals surface area (Å²) < 4.78 is 31.7. The average Bonchev–Trinajstić information content (AvgIpc) is 2.85. The minimum Gasteiger partial charge on any atom is -0.383 e. The third-order valence-corrected chi connectivity index (χ3v) is 4.44. The van der Waals surface area contributed by atoms with Gasteiger partial charge in [-0.15, -0.1) is 0 Å². The third kappa shape index (κ3) is 2.59. The van der Waals surface area contributed by atoms with Gasteiger partial charge in [-0.1, -0.05) is 0 Å². The van der Waals surface area contributed by atoms with Crippen LogP contribution in [0.15, 0.2) is 11.1 Å². The highest BCUT2D eigenvalue weighted by atomic mass is 32.2. The average molecular weight is 260 g/mol. The third-order valence-electron chi connectivity index (χ3n) is 2.99. The van der Waals surface area contributed by atoms with Gasteiger partial charge in [0.25, 0.3) is 0 Å². The summed E-state index contributed by atoms with van der Waals surface area (Å²) in [6.07, 6.45) is 2.15. The molecule has 2 atom stereocenters. The van der Waals surface area contributed by atoms with Gasteiger partial charge >= 0.3 is 0 Å². The Morgan fingerprint density at radius 3 is 3.00 bits per heavy atom. The summed E-state index contributed by atoms with van der Waals surface area (Å²) in [4.78, 5) is -0.0101. The van der Waals surface area contributed by atoms with Crippen LogP contribution in [0.2, 0.25) is 0 Å². The number of aromatic nitrogens is 2. The van der Waals surface area contributed by atoms with Crippen LogP contribution in [-0.4, -0.2) is 37.9 Å². The summed E-state index contributed by atoms with van der Waals surface area (Å²) in [5, 5.41) is 5.98. The van der Waals surface area contributed by atoms with Crippen LogP contribution in [0.5, 0.6) is 0 Å². The van der Waals surface area contributed by atoms with Gasteiger partial charge in [-0.25, -0.2) is 13.1 Å². The molecule has 1 aliphatic rings. The number of sulfonamides is 1.